The zero-order valence-electron chi connectivity index (χ0n) is 13.1. The van der Waals surface area contributed by atoms with Gasteiger partial charge in [0.1, 0.15) is 0 Å². The summed E-state index contributed by atoms with van der Waals surface area (Å²) in [4.78, 5) is 16.5. The normalized spacial score (nSPS) is 15.7. The van der Waals surface area contributed by atoms with E-state index >= 15 is 0 Å². The number of nitrogens with zero attached hydrogens (tertiary/aromatic N) is 2. The molecule has 0 atom stereocenters. The topological polar surface area (TPSA) is 47.6 Å². The van der Waals surface area contributed by atoms with Crippen molar-refractivity contribution in [3.8, 4) is 0 Å². The Morgan fingerprint density at radius 2 is 1.81 bits per heavy atom. The van der Waals surface area contributed by atoms with Crippen LogP contribution in [0.3, 0.4) is 0 Å². The number of benzene rings is 1. The molecular weight excluding hydrogens is 264 g/mol. The van der Waals surface area contributed by atoms with E-state index in [0.717, 1.165) is 45.0 Å². The lowest BCUT2D eigenvalue weighted by Gasteiger charge is -2.26. The number of amides is 1. The van der Waals surface area contributed by atoms with Gasteiger partial charge in [-0.3, -0.25) is 9.69 Å². The third-order valence-electron chi connectivity index (χ3n) is 3.86. The highest BCUT2D eigenvalue weighted by Gasteiger charge is 2.13. The molecule has 1 heterocycles. The molecule has 0 aliphatic carbocycles. The Morgan fingerprint density at radius 1 is 1.19 bits per heavy atom. The minimum atomic E-state index is 0.0625. The maximum atomic E-state index is 12.0. The maximum Gasteiger partial charge on any atom is 0.238 e. The summed E-state index contributed by atoms with van der Waals surface area (Å²) in [5.74, 6) is 0.0625. The van der Waals surface area contributed by atoms with Gasteiger partial charge >= 0.3 is 0 Å². The van der Waals surface area contributed by atoms with E-state index in [1.165, 1.54) is 5.69 Å². The zero-order valence-corrected chi connectivity index (χ0v) is 13.1. The van der Waals surface area contributed by atoms with Crippen LogP contribution < -0.4 is 15.5 Å². The average Bonchev–Trinajstić information content (AvgIpc) is 2.51. The Hall–Kier alpha value is -1.59. The van der Waals surface area contributed by atoms with Crippen molar-refractivity contribution >= 4 is 17.3 Å². The quantitative estimate of drug-likeness (QED) is 0.831. The molecule has 5 nitrogen and oxygen atoms in total. The van der Waals surface area contributed by atoms with E-state index in [4.69, 9.17) is 0 Å². The lowest BCUT2D eigenvalue weighted by Crippen LogP contribution is -2.46. The van der Waals surface area contributed by atoms with E-state index in [9.17, 15) is 4.79 Å². The van der Waals surface area contributed by atoms with E-state index in [1.807, 2.05) is 12.1 Å². The van der Waals surface area contributed by atoms with E-state index < -0.39 is 0 Å². The molecule has 21 heavy (non-hydrogen) atoms. The van der Waals surface area contributed by atoms with Crippen molar-refractivity contribution in [2.45, 2.75) is 13.8 Å². The molecular formula is C16H26N4O. The fraction of sp³-hybridized carbons (Fsp3) is 0.562. The molecule has 0 saturated carbocycles. The molecule has 1 aromatic rings. The van der Waals surface area contributed by atoms with E-state index in [-0.39, 0.29) is 5.91 Å². The molecule has 5 heteroatoms. The Balaban J connectivity index is 1.86. The van der Waals surface area contributed by atoms with Crippen LogP contribution in [0.25, 0.3) is 0 Å². The van der Waals surface area contributed by atoms with Crippen LogP contribution in [-0.2, 0) is 4.79 Å². The van der Waals surface area contributed by atoms with Crippen molar-refractivity contribution in [3.63, 3.8) is 0 Å². The largest absolute Gasteiger partial charge is 0.372 e. The van der Waals surface area contributed by atoms with Crippen molar-refractivity contribution in [1.82, 2.24) is 10.2 Å². The number of hydrogen-bond acceptors (Lipinski definition) is 4. The first-order valence-corrected chi connectivity index (χ1v) is 7.81. The van der Waals surface area contributed by atoms with Crippen LogP contribution >= 0.6 is 0 Å². The summed E-state index contributed by atoms with van der Waals surface area (Å²) in [6.45, 7) is 10.6. The van der Waals surface area contributed by atoms with Gasteiger partial charge in [0.05, 0.1) is 6.54 Å². The van der Waals surface area contributed by atoms with Gasteiger partial charge < -0.3 is 15.5 Å². The first kappa shape index (κ1) is 15.8. The smallest absolute Gasteiger partial charge is 0.238 e. The van der Waals surface area contributed by atoms with E-state index in [0.29, 0.717) is 6.54 Å². The fourth-order valence-electron chi connectivity index (χ4n) is 2.62. The van der Waals surface area contributed by atoms with Crippen molar-refractivity contribution in [3.05, 3.63) is 24.3 Å². The molecule has 2 N–H and O–H groups in total. The summed E-state index contributed by atoms with van der Waals surface area (Å²) in [6, 6.07) is 8.08. The molecule has 0 radical (unpaired) electrons. The second kappa shape index (κ2) is 8.00. The summed E-state index contributed by atoms with van der Waals surface area (Å²) < 4.78 is 0. The summed E-state index contributed by atoms with van der Waals surface area (Å²) in [6.07, 6.45) is 0. The highest BCUT2D eigenvalue weighted by Crippen LogP contribution is 2.17. The number of rotatable bonds is 6. The summed E-state index contributed by atoms with van der Waals surface area (Å²) in [5.41, 5.74) is 2.06. The van der Waals surface area contributed by atoms with Gasteiger partial charge in [0, 0.05) is 50.6 Å². The molecule has 1 aliphatic heterocycles. The first-order valence-electron chi connectivity index (χ1n) is 7.81. The summed E-state index contributed by atoms with van der Waals surface area (Å²) in [7, 11) is 0. The van der Waals surface area contributed by atoms with Gasteiger partial charge in [0.15, 0.2) is 0 Å². The van der Waals surface area contributed by atoms with Crippen molar-refractivity contribution in [2.24, 2.45) is 0 Å². The van der Waals surface area contributed by atoms with Crippen molar-refractivity contribution in [2.75, 3.05) is 56.0 Å². The molecule has 1 fully saturated rings. The maximum absolute atomic E-state index is 12.0. The number of nitrogens with one attached hydrogen (secondary N) is 2. The minimum absolute atomic E-state index is 0.0625. The van der Waals surface area contributed by atoms with Gasteiger partial charge in [0.25, 0.3) is 0 Å². The lowest BCUT2D eigenvalue weighted by molar-refractivity contribution is -0.117. The molecule has 1 saturated heterocycles. The van der Waals surface area contributed by atoms with Crippen molar-refractivity contribution < 1.29 is 4.79 Å². The third-order valence-corrected chi connectivity index (χ3v) is 3.86. The molecule has 0 unspecified atom stereocenters. The molecule has 0 bridgehead atoms. The second-order valence-electron chi connectivity index (χ2n) is 5.29. The van der Waals surface area contributed by atoms with Gasteiger partial charge in [-0.2, -0.15) is 0 Å². The average molecular weight is 290 g/mol. The van der Waals surface area contributed by atoms with Crippen LogP contribution in [0.1, 0.15) is 13.8 Å². The monoisotopic (exact) mass is 290 g/mol. The third kappa shape index (κ3) is 4.72. The second-order valence-corrected chi connectivity index (χ2v) is 5.29. The van der Waals surface area contributed by atoms with Crippen LogP contribution in [0, 0.1) is 0 Å². The molecule has 1 aliphatic rings. The van der Waals surface area contributed by atoms with Crippen LogP contribution in [-0.4, -0.2) is 56.6 Å². The number of carbonyl (C=O) groups excluding carboxylic acids is 1. The Labute approximate surface area is 127 Å². The molecule has 116 valence electrons. The Kier molecular flexibility index (Phi) is 6.02. The zero-order chi connectivity index (χ0) is 15.1. The van der Waals surface area contributed by atoms with Gasteiger partial charge in [-0.1, -0.05) is 0 Å². The lowest BCUT2D eigenvalue weighted by atomic mass is 10.2. The van der Waals surface area contributed by atoms with Crippen LogP contribution in [0.2, 0.25) is 0 Å². The Bertz CT molecular complexity index is 436. The summed E-state index contributed by atoms with van der Waals surface area (Å²) >= 11 is 0. The fourth-order valence-corrected chi connectivity index (χ4v) is 2.62. The van der Waals surface area contributed by atoms with Gasteiger partial charge in [-0.05, 0) is 38.1 Å². The van der Waals surface area contributed by atoms with Gasteiger partial charge in [-0.25, -0.2) is 0 Å². The predicted octanol–water partition coefficient (Wildman–Crippen LogP) is 1.38. The first-order chi connectivity index (χ1) is 10.2. The number of carbonyl (C=O) groups is 1. The van der Waals surface area contributed by atoms with Gasteiger partial charge in [0.2, 0.25) is 5.91 Å². The molecule has 2 rings (SSSR count). The number of anilines is 2. The Morgan fingerprint density at radius 3 is 2.38 bits per heavy atom. The van der Waals surface area contributed by atoms with Crippen LogP contribution in [0.15, 0.2) is 24.3 Å². The molecule has 0 aromatic heterocycles. The van der Waals surface area contributed by atoms with Crippen LogP contribution in [0.5, 0.6) is 0 Å². The molecule has 1 aromatic carbocycles. The SMILES string of the molecule is CCN(CC)c1ccc(NC(=O)CN2CCNCC2)cc1. The molecule has 0 spiro atoms. The minimum Gasteiger partial charge on any atom is -0.372 e. The van der Waals surface area contributed by atoms with E-state index in [1.54, 1.807) is 0 Å². The standard InChI is InChI=1S/C16H26N4O/c1-3-20(4-2)15-7-5-14(6-8-15)18-16(21)13-19-11-9-17-10-12-19/h5-8,17H,3-4,9-13H2,1-2H3,(H,18,21). The highest BCUT2D eigenvalue weighted by atomic mass is 16.2. The number of piperazine rings is 1. The highest BCUT2D eigenvalue weighted by molar-refractivity contribution is 5.92. The predicted molar refractivity (Wildman–Crippen MR) is 87.9 cm³/mol. The molecule has 1 amide bonds. The summed E-state index contributed by atoms with van der Waals surface area (Å²) in [5, 5.41) is 6.26. The van der Waals surface area contributed by atoms with Gasteiger partial charge in [-0.15, -0.1) is 0 Å². The van der Waals surface area contributed by atoms with E-state index in [2.05, 4.69) is 46.4 Å². The van der Waals surface area contributed by atoms with Crippen molar-refractivity contribution in [1.29, 1.82) is 0 Å². The number of hydrogen-bond donors (Lipinski definition) is 2. The van der Waals surface area contributed by atoms with Crippen LogP contribution in [0.4, 0.5) is 11.4 Å².